The number of imide groups is 1. The molecule has 9 nitrogen and oxygen atoms in total. The molecule has 2 saturated heterocycles. The summed E-state index contributed by atoms with van der Waals surface area (Å²) >= 11 is 0. The molecule has 1 aromatic heterocycles. The molecule has 30 heavy (non-hydrogen) atoms. The Morgan fingerprint density at radius 3 is 2.73 bits per heavy atom. The lowest BCUT2D eigenvalue weighted by atomic mass is 10.1. The minimum absolute atomic E-state index is 0.0529. The van der Waals surface area contributed by atoms with E-state index in [9.17, 15) is 22.8 Å². The number of aromatic nitrogens is 1. The molecule has 10 heteroatoms. The number of amides is 4. The lowest BCUT2D eigenvalue weighted by Gasteiger charge is -2.28. The van der Waals surface area contributed by atoms with Gasteiger partial charge in [-0.25, -0.2) is 13.2 Å². The Hall–Kier alpha value is -2.88. The van der Waals surface area contributed by atoms with Crippen LogP contribution >= 0.6 is 0 Å². The zero-order valence-electron chi connectivity index (χ0n) is 16.6. The number of hydrogen-bond donors (Lipinski definition) is 2. The number of benzene rings is 1. The second kappa shape index (κ2) is 7.75. The maximum Gasteiger partial charge on any atom is 0.325 e. The van der Waals surface area contributed by atoms with Crippen molar-refractivity contribution in [1.29, 1.82) is 0 Å². The molecule has 2 N–H and O–H groups in total. The van der Waals surface area contributed by atoms with Crippen molar-refractivity contribution >= 4 is 38.6 Å². The Labute approximate surface area is 174 Å². The molecule has 2 aliphatic rings. The molecular formula is C20H24N4O5S. The highest BCUT2D eigenvalue weighted by molar-refractivity contribution is 7.91. The smallest absolute Gasteiger partial charge is 0.325 e. The summed E-state index contributed by atoms with van der Waals surface area (Å²) in [5, 5.41) is 3.64. The summed E-state index contributed by atoms with van der Waals surface area (Å²) in [6.45, 7) is 1.69. The van der Waals surface area contributed by atoms with E-state index in [1.807, 2.05) is 30.5 Å². The Balaban J connectivity index is 1.44. The summed E-state index contributed by atoms with van der Waals surface area (Å²) in [4.78, 5) is 43.5. The van der Waals surface area contributed by atoms with E-state index in [2.05, 4.69) is 10.3 Å². The second-order valence-electron chi connectivity index (χ2n) is 7.73. The third-order valence-corrected chi connectivity index (χ3v) is 7.56. The quantitative estimate of drug-likeness (QED) is 0.650. The van der Waals surface area contributed by atoms with Crippen molar-refractivity contribution in [2.75, 3.05) is 24.6 Å². The van der Waals surface area contributed by atoms with Crippen molar-refractivity contribution in [3.05, 3.63) is 36.0 Å². The molecule has 0 radical (unpaired) electrons. The first-order valence-electron chi connectivity index (χ1n) is 9.96. The van der Waals surface area contributed by atoms with Crippen molar-refractivity contribution in [1.82, 2.24) is 20.1 Å². The van der Waals surface area contributed by atoms with Gasteiger partial charge >= 0.3 is 6.03 Å². The maximum absolute atomic E-state index is 12.8. The number of aromatic amines is 1. The standard InChI is InChI=1S/C20H24N4O5S/c1-2-23(14-7-8-30(28,29)12-14)18(25)11-24-19(26)17(22-20(24)27)9-13-10-21-16-6-4-3-5-15(13)16/h3-6,10,14,17,21H,2,7-9,11-12H2,1H3,(H,22,27)/t14-,17-/m1/s1. The molecule has 2 fully saturated rings. The predicted molar refractivity (Wildman–Crippen MR) is 110 cm³/mol. The highest BCUT2D eigenvalue weighted by Crippen LogP contribution is 2.22. The number of likely N-dealkylation sites (N-methyl/N-ethyl adjacent to an activating group) is 1. The van der Waals surface area contributed by atoms with Crippen LogP contribution in [0.25, 0.3) is 10.9 Å². The van der Waals surface area contributed by atoms with E-state index in [1.165, 1.54) is 4.90 Å². The number of nitrogens with one attached hydrogen (secondary N) is 2. The Bertz CT molecular complexity index is 1110. The number of carbonyl (C=O) groups excluding carboxylic acids is 3. The predicted octanol–water partition coefficient (Wildman–Crippen LogP) is 0.666. The van der Waals surface area contributed by atoms with Crippen molar-refractivity contribution in [2.24, 2.45) is 0 Å². The molecule has 2 atom stereocenters. The number of nitrogens with zero attached hydrogens (tertiary/aromatic N) is 2. The fourth-order valence-electron chi connectivity index (χ4n) is 4.27. The van der Waals surface area contributed by atoms with Crippen LogP contribution in [-0.2, 0) is 25.8 Å². The average Bonchev–Trinajstić information content (AvgIpc) is 3.35. The molecule has 0 aliphatic carbocycles. The molecular weight excluding hydrogens is 408 g/mol. The van der Waals surface area contributed by atoms with Gasteiger partial charge in [0.05, 0.1) is 11.5 Å². The number of urea groups is 1. The monoisotopic (exact) mass is 432 g/mol. The number of rotatable bonds is 6. The fraction of sp³-hybridized carbons (Fsp3) is 0.450. The first-order valence-corrected chi connectivity index (χ1v) is 11.8. The molecule has 2 aliphatic heterocycles. The third-order valence-electron chi connectivity index (χ3n) is 5.81. The van der Waals surface area contributed by atoms with Crippen molar-refractivity contribution in [3.8, 4) is 0 Å². The summed E-state index contributed by atoms with van der Waals surface area (Å²) in [6.07, 6.45) is 2.51. The van der Waals surface area contributed by atoms with Gasteiger partial charge in [-0.2, -0.15) is 0 Å². The first-order chi connectivity index (χ1) is 14.3. The van der Waals surface area contributed by atoms with Gasteiger partial charge in [0.15, 0.2) is 9.84 Å². The van der Waals surface area contributed by atoms with Crippen LogP contribution < -0.4 is 5.32 Å². The maximum atomic E-state index is 12.8. The van der Waals surface area contributed by atoms with Crippen molar-refractivity contribution in [2.45, 2.75) is 31.8 Å². The van der Waals surface area contributed by atoms with E-state index in [1.54, 1.807) is 6.92 Å². The SMILES string of the molecule is CCN(C(=O)CN1C(=O)N[C@H](Cc2c[nH]c3ccccc23)C1=O)[C@@H]1CCS(=O)(=O)C1. The van der Waals surface area contributed by atoms with Gasteiger partial charge in [-0.3, -0.25) is 14.5 Å². The average molecular weight is 433 g/mol. The molecule has 0 spiro atoms. The molecule has 4 rings (SSSR count). The molecule has 4 amide bonds. The molecule has 0 unspecified atom stereocenters. The van der Waals surface area contributed by atoms with Crippen LogP contribution in [0, 0.1) is 0 Å². The van der Waals surface area contributed by atoms with Crippen LogP contribution in [0.2, 0.25) is 0 Å². The first kappa shape index (κ1) is 20.4. The van der Waals surface area contributed by atoms with E-state index >= 15 is 0 Å². The van der Waals surface area contributed by atoms with Gasteiger partial charge < -0.3 is 15.2 Å². The number of hydrogen-bond acceptors (Lipinski definition) is 5. The Kier molecular flexibility index (Phi) is 5.27. The largest absolute Gasteiger partial charge is 0.361 e. The van der Waals surface area contributed by atoms with E-state index in [0.717, 1.165) is 21.4 Å². The summed E-state index contributed by atoms with van der Waals surface area (Å²) in [5.41, 5.74) is 1.85. The zero-order valence-corrected chi connectivity index (χ0v) is 17.4. The topological polar surface area (TPSA) is 120 Å². The number of H-pyrrole nitrogens is 1. The zero-order chi connectivity index (χ0) is 21.5. The van der Waals surface area contributed by atoms with Crippen molar-refractivity contribution < 1.29 is 22.8 Å². The summed E-state index contributed by atoms with van der Waals surface area (Å²) in [5.74, 6) is -0.891. The van der Waals surface area contributed by atoms with Crippen LogP contribution in [0.4, 0.5) is 4.79 Å². The number of sulfone groups is 1. The van der Waals surface area contributed by atoms with E-state index in [4.69, 9.17) is 0 Å². The van der Waals surface area contributed by atoms with Crippen LogP contribution in [0.15, 0.2) is 30.5 Å². The van der Waals surface area contributed by atoms with Crippen LogP contribution in [0.3, 0.4) is 0 Å². The van der Waals surface area contributed by atoms with E-state index < -0.39 is 39.8 Å². The fourth-order valence-corrected chi connectivity index (χ4v) is 6.00. The highest BCUT2D eigenvalue weighted by atomic mass is 32.2. The minimum atomic E-state index is -3.15. The Morgan fingerprint density at radius 1 is 1.27 bits per heavy atom. The molecule has 0 bridgehead atoms. The summed E-state index contributed by atoms with van der Waals surface area (Å²) in [6, 6.07) is 5.94. The summed E-state index contributed by atoms with van der Waals surface area (Å²) < 4.78 is 23.5. The second-order valence-corrected chi connectivity index (χ2v) is 9.96. The van der Waals surface area contributed by atoms with Gasteiger partial charge in [-0.05, 0) is 25.0 Å². The molecule has 3 heterocycles. The van der Waals surface area contributed by atoms with Gasteiger partial charge in [0, 0.05) is 36.1 Å². The van der Waals surface area contributed by atoms with Gasteiger partial charge in [0.25, 0.3) is 5.91 Å². The molecule has 2 aromatic rings. The van der Waals surface area contributed by atoms with Gasteiger partial charge in [-0.1, -0.05) is 18.2 Å². The number of para-hydroxylation sites is 1. The van der Waals surface area contributed by atoms with Crippen LogP contribution in [-0.4, -0.2) is 77.7 Å². The van der Waals surface area contributed by atoms with E-state index in [0.29, 0.717) is 19.4 Å². The van der Waals surface area contributed by atoms with Crippen molar-refractivity contribution in [3.63, 3.8) is 0 Å². The highest BCUT2D eigenvalue weighted by Gasteiger charge is 2.41. The lowest BCUT2D eigenvalue weighted by molar-refractivity contribution is -0.138. The number of fused-ring (bicyclic) bond motifs is 1. The molecule has 160 valence electrons. The van der Waals surface area contributed by atoms with E-state index in [-0.39, 0.29) is 18.1 Å². The van der Waals surface area contributed by atoms with Gasteiger partial charge in [0.1, 0.15) is 12.6 Å². The lowest BCUT2D eigenvalue weighted by Crippen LogP contribution is -2.47. The Morgan fingerprint density at radius 2 is 2.03 bits per heavy atom. The normalized spacial score (nSPS) is 23.2. The van der Waals surface area contributed by atoms with Gasteiger partial charge in [0.2, 0.25) is 5.91 Å². The van der Waals surface area contributed by atoms with Crippen LogP contribution in [0.5, 0.6) is 0 Å². The van der Waals surface area contributed by atoms with Gasteiger partial charge in [-0.15, -0.1) is 0 Å². The number of carbonyl (C=O) groups is 3. The summed E-state index contributed by atoms with van der Waals surface area (Å²) in [7, 11) is -3.15. The minimum Gasteiger partial charge on any atom is -0.361 e. The third kappa shape index (κ3) is 3.79. The molecule has 1 aromatic carbocycles. The molecule has 0 saturated carbocycles. The van der Waals surface area contributed by atoms with Crippen LogP contribution in [0.1, 0.15) is 18.9 Å².